The lowest BCUT2D eigenvalue weighted by Crippen LogP contribution is -2.50. The van der Waals surface area contributed by atoms with Crippen LogP contribution in [0.3, 0.4) is 0 Å². The maximum Gasteiger partial charge on any atom is 0.333 e. The molecule has 6 heterocycles. The van der Waals surface area contributed by atoms with E-state index in [1.807, 2.05) is 116 Å². The molecule has 24 nitrogen and oxygen atoms in total. The molecule has 2 aliphatic rings. The molecule has 476 valence electrons. The Labute approximate surface area is 524 Å². The van der Waals surface area contributed by atoms with Crippen LogP contribution in [0.4, 0.5) is 5.69 Å². The number of hydrogen-bond acceptors (Lipinski definition) is 19. The first-order valence-electron chi connectivity index (χ1n) is 29.3. The van der Waals surface area contributed by atoms with E-state index in [2.05, 4.69) is 73.2 Å². The van der Waals surface area contributed by atoms with E-state index in [1.165, 1.54) is 39.9 Å². The second-order valence-corrected chi connectivity index (χ2v) is 30.9. The minimum Gasteiger partial charge on any atom is -0.497 e. The number of rotatable bonds is 26. The Morgan fingerprint density at radius 2 is 1.46 bits per heavy atom. The highest BCUT2D eigenvalue weighted by Gasteiger charge is 2.53. The fourth-order valence-corrected chi connectivity index (χ4v) is 13.5. The van der Waals surface area contributed by atoms with Crippen LogP contribution in [-0.2, 0) is 57.1 Å². The van der Waals surface area contributed by atoms with E-state index in [4.69, 9.17) is 50.9 Å². The normalized spacial score (nSPS) is 20.4. The highest BCUT2D eigenvalue weighted by atomic mass is 31.2. The molecular formula is C63H75N9O15P2Si. The number of pyridine rings is 1. The van der Waals surface area contributed by atoms with Gasteiger partial charge in [-0.2, -0.15) is 9.94 Å². The number of ether oxygens (including phenoxy) is 6. The zero-order chi connectivity index (χ0) is 64.0. The van der Waals surface area contributed by atoms with E-state index in [1.54, 1.807) is 24.9 Å². The van der Waals surface area contributed by atoms with E-state index in [0.717, 1.165) is 22.3 Å². The SMILES string of the molecule is COc1ccc(C(OC[C@H]2O[C@@H](n3nnc4c(NC(=O)COc5ccc(C(C)(C)C)cc5)ccnc43)C[C@@H]2OP(OCCC#N)OC[C@H]2O[C@@H](n3ccc(=O)n4ccnc34)[C@H](O[PH](=O)O)[C@@H]2O[Si](C)(C)C(C)(C)C)(c2ccccc2)c2ccc(OC)cc2)cc1. The van der Waals surface area contributed by atoms with Gasteiger partial charge >= 0.3 is 16.9 Å². The number of carbonyl (C=O) groups excluding carboxylic acids is 1. The van der Waals surface area contributed by atoms with E-state index >= 15 is 0 Å². The number of benzene rings is 4. The third kappa shape index (κ3) is 14.6. The summed E-state index contributed by atoms with van der Waals surface area (Å²) in [6.45, 7) is 15.8. The molecule has 0 bridgehead atoms. The maximum absolute atomic E-state index is 13.5. The molecular weight excluding hydrogens is 1210 g/mol. The number of anilines is 1. The van der Waals surface area contributed by atoms with Gasteiger partial charge in [-0.05, 0) is 88.3 Å². The van der Waals surface area contributed by atoms with Gasteiger partial charge < -0.3 is 56.6 Å². The van der Waals surface area contributed by atoms with Crippen molar-refractivity contribution in [1.82, 2.24) is 33.9 Å². The number of imidazole rings is 1. The number of carbonyl (C=O) groups is 1. The topological polar surface area (TPSA) is 275 Å². The van der Waals surface area contributed by atoms with E-state index in [0.29, 0.717) is 22.9 Å². The number of nitriles is 1. The molecule has 0 radical (unpaired) electrons. The molecule has 2 unspecified atom stereocenters. The van der Waals surface area contributed by atoms with Crippen molar-refractivity contribution in [2.75, 3.05) is 46.0 Å². The Morgan fingerprint density at radius 1 is 0.800 bits per heavy atom. The zero-order valence-electron chi connectivity index (χ0n) is 51.8. The van der Waals surface area contributed by atoms with Gasteiger partial charge in [0.05, 0.1) is 58.3 Å². The van der Waals surface area contributed by atoms with E-state index in [-0.39, 0.29) is 72.2 Å². The van der Waals surface area contributed by atoms with Gasteiger partial charge in [0.1, 0.15) is 47.3 Å². The smallest absolute Gasteiger partial charge is 0.333 e. The van der Waals surface area contributed by atoms with Crippen molar-refractivity contribution in [3.8, 4) is 23.3 Å². The van der Waals surface area contributed by atoms with Crippen LogP contribution in [0.2, 0.25) is 18.1 Å². The molecule has 2 aliphatic heterocycles. The van der Waals surface area contributed by atoms with Crippen LogP contribution in [0.5, 0.6) is 17.2 Å². The molecule has 2 fully saturated rings. The summed E-state index contributed by atoms with van der Waals surface area (Å²) < 4.78 is 88.5. The first-order chi connectivity index (χ1) is 43.1. The summed E-state index contributed by atoms with van der Waals surface area (Å²) in [6, 6.07) is 37.7. The molecule has 0 saturated carbocycles. The summed E-state index contributed by atoms with van der Waals surface area (Å²) >= 11 is 0. The molecule has 4 aromatic heterocycles. The third-order valence-corrected chi connectivity index (χ3v) is 22.4. The summed E-state index contributed by atoms with van der Waals surface area (Å²) in [4.78, 5) is 46.0. The van der Waals surface area contributed by atoms with Crippen LogP contribution in [0.15, 0.2) is 145 Å². The predicted octanol–water partition coefficient (Wildman–Crippen LogP) is 10.6. The average molecular weight is 1290 g/mol. The minimum absolute atomic E-state index is 0.0240. The Balaban J connectivity index is 0.993. The van der Waals surface area contributed by atoms with Crippen LogP contribution in [0, 0.1) is 11.3 Å². The lowest BCUT2D eigenvalue weighted by Gasteiger charge is -2.40. The van der Waals surface area contributed by atoms with Crippen LogP contribution in [0.1, 0.15) is 89.1 Å². The average Bonchev–Trinajstić information content (AvgIpc) is 1.20. The molecule has 4 aromatic carbocycles. The van der Waals surface area contributed by atoms with Crippen molar-refractivity contribution < 1.29 is 65.2 Å². The van der Waals surface area contributed by atoms with Crippen molar-refractivity contribution in [2.24, 2.45) is 0 Å². The second-order valence-electron chi connectivity index (χ2n) is 24.2. The third-order valence-electron chi connectivity index (χ3n) is 16.3. The Kier molecular flexibility index (Phi) is 20.5. The van der Waals surface area contributed by atoms with Crippen molar-refractivity contribution in [3.05, 3.63) is 173 Å². The highest BCUT2D eigenvalue weighted by Crippen LogP contribution is 2.50. The Hall–Kier alpha value is -7.27. The molecule has 27 heteroatoms. The fourth-order valence-electron chi connectivity index (χ4n) is 10.5. The fraction of sp³-hybridized carbons (Fsp3) is 0.413. The van der Waals surface area contributed by atoms with Crippen molar-refractivity contribution >= 4 is 53.7 Å². The lowest BCUT2D eigenvalue weighted by atomic mass is 9.80. The van der Waals surface area contributed by atoms with E-state index < -0.39 is 79.7 Å². The summed E-state index contributed by atoms with van der Waals surface area (Å²) in [5, 5.41) is 21.4. The second kappa shape index (κ2) is 28.1. The molecule has 0 spiro atoms. The molecule has 90 heavy (non-hydrogen) atoms. The largest absolute Gasteiger partial charge is 0.497 e. The van der Waals surface area contributed by atoms with Crippen molar-refractivity contribution in [1.29, 1.82) is 5.26 Å². The van der Waals surface area contributed by atoms with Gasteiger partial charge in [-0.25, -0.2) is 9.97 Å². The van der Waals surface area contributed by atoms with Crippen molar-refractivity contribution in [2.45, 2.75) is 127 Å². The number of fused-ring (bicyclic) bond motifs is 2. The van der Waals surface area contributed by atoms with Gasteiger partial charge in [0.2, 0.25) is 5.78 Å². The van der Waals surface area contributed by atoms with Crippen LogP contribution in [-0.4, -0.2) is 124 Å². The molecule has 10 rings (SSSR count). The minimum atomic E-state index is -3.64. The monoisotopic (exact) mass is 1290 g/mol. The molecule has 9 atom stereocenters. The van der Waals surface area contributed by atoms with Gasteiger partial charge in [-0.15, -0.1) is 5.10 Å². The number of aromatic nitrogens is 7. The summed E-state index contributed by atoms with van der Waals surface area (Å²) in [5.74, 6) is 1.57. The maximum atomic E-state index is 13.5. The number of nitrogens with one attached hydrogen (secondary N) is 1. The Morgan fingerprint density at radius 3 is 2.09 bits per heavy atom. The number of amides is 1. The molecule has 2 saturated heterocycles. The van der Waals surface area contributed by atoms with Gasteiger partial charge in [-0.1, -0.05) is 113 Å². The van der Waals surface area contributed by atoms with Gasteiger partial charge in [0.25, 0.3) is 11.5 Å². The lowest BCUT2D eigenvalue weighted by molar-refractivity contribution is -0.118. The molecule has 1 amide bonds. The first-order valence-corrected chi connectivity index (χ1v) is 34.6. The van der Waals surface area contributed by atoms with Gasteiger partial charge in [0.15, 0.2) is 38.5 Å². The zero-order valence-corrected chi connectivity index (χ0v) is 54.6. The quantitative estimate of drug-likeness (QED) is 0.0221. The van der Waals surface area contributed by atoms with Gasteiger partial charge in [0, 0.05) is 37.3 Å². The Bertz CT molecular complexity index is 3810. The molecule has 8 aromatic rings. The number of methoxy groups -OCH3 is 2. The molecule has 2 N–H and O–H groups in total. The van der Waals surface area contributed by atoms with Crippen molar-refractivity contribution in [3.63, 3.8) is 0 Å². The summed E-state index contributed by atoms with van der Waals surface area (Å²) in [7, 11) is -5.62. The standard InChI is InChI=1S/C63H75N9O15P2Si/c1-61(2,3)41-17-27-47(28-18-41)79-40-52(73)67-48-29-32-65-58-55(48)68-69-72(58)54-37-49(50(83-54)38-80-63(42-15-12-11-13-16-42,43-19-23-45(77-7)24-20-43)44-21-25-46(78-8)26-22-44)85-89(81-36-14-31-64)82-39-51-56(87-90(9,10)62(4,5)6)57(86-88(75)76)59(84-51)71-34-30-53(74)70-35-33-66-60(70)71/h11-13,15-30,32-35,49-51,54,56-57,59,88H,14,36-40H2,1-10H3,(H,75,76)(H,65,67,73)/t49-,50+,51+,54+,56+,57+,59+,89?/m0/s1. The van der Waals surface area contributed by atoms with E-state index in [9.17, 15) is 24.3 Å². The highest BCUT2D eigenvalue weighted by molar-refractivity contribution is 7.41. The molecule has 0 aliphatic carbocycles. The van der Waals surface area contributed by atoms with Crippen LogP contribution < -0.4 is 25.1 Å². The van der Waals surface area contributed by atoms with Crippen LogP contribution in [0.25, 0.3) is 16.9 Å². The number of nitrogens with zero attached hydrogens (tertiary/aromatic N) is 8. The summed E-state index contributed by atoms with van der Waals surface area (Å²) in [5.41, 5.74) is 2.63. The predicted molar refractivity (Wildman–Crippen MR) is 337 cm³/mol. The summed E-state index contributed by atoms with van der Waals surface area (Å²) in [6.07, 6.45) is -1.13. The first kappa shape index (κ1) is 65.7. The number of hydrogen-bond donors (Lipinski definition) is 2. The van der Waals surface area contributed by atoms with Crippen LogP contribution >= 0.6 is 16.9 Å². The van der Waals surface area contributed by atoms with Gasteiger partial charge in [-0.3, -0.25) is 27.6 Å².